The first-order valence-corrected chi connectivity index (χ1v) is 17.6. The number of hydrogen-bond acceptors (Lipinski definition) is 1. The van der Waals surface area contributed by atoms with Gasteiger partial charge in [0.1, 0.15) is 0 Å². The van der Waals surface area contributed by atoms with E-state index in [0.29, 0.717) is 0 Å². The Hall–Kier alpha value is -6.70. The van der Waals surface area contributed by atoms with Gasteiger partial charge in [-0.1, -0.05) is 164 Å². The largest absolute Gasteiger partial charge is 0.310 e. The molecule has 0 N–H and O–H groups in total. The summed E-state index contributed by atoms with van der Waals surface area (Å²) in [5.41, 5.74) is 8.18. The third-order valence-corrected chi connectivity index (χ3v) is 10.4. The van der Waals surface area contributed by atoms with Gasteiger partial charge < -0.3 is 4.90 Å². The average Bonchev–Trinajstić information content (AvgIpc) is 3.22. The maximum Gasteiger partial charge on any atom is 0.0468 e. The molecule has 0 amide bonds. The van der Waals surface area contributed by atoms with Crippen LogP contribution in [0.25, 0.3) is 76.1 Å². The molecule has 0 bridgehead atoms. The van der Waals surface area contributed by atoms with Gasteiger partial charge in [-0.15, -0.1) is 0 Å². The van der Waals surface area contributed by atoms with Crippen LogP contribution in [0.1, 0.15) is 0 Å². The van der Waals surface area contributed by atoms with Crippen molar-refractivity contribution in [2.24, 2.45) is 0 Å². The molecular formula is C50H33N. The molecule has 0 fully saturated rings. The van der Waals surface area contributed by atoms with E-state index >= 15 is 0 Å². The molecule has 0 unspecified atom stereocenters. The zero-order chi connectivity index (χ0) is 33.7. The van der Waals surface area contributed by atoms with Gasteiger partial charge in [-0.05, 0) is 113 Å². The molecule has 0 aliphatic rings. The van der Waals surface area contributed by atoms with Crippen LogP contribution in [0.2, 0.25) is 0 Å². The first-order chi connectivity index (χ1) is 25.3. The average molecular weight is 648 g/mol. The Morgan fingerprint density at radius 1 is 0.216 bits per heavy atom. The predicted octanol–water partition coefficient (Wildman–Crippen LogP) is 14.3. The highest BCUT2D eigenvalue weighted by molar-refractivity contribution is 6.39. The zero-order valence-electron chi connectivity index (χ0n) is 28.0. The van der Waals surface area contributed by atoms with Crippen LogP contribution in [0.4, 0.5) is 17.1 Å². The van der Waals surface area contributed by atoms with E-state index in [1.165, 1.54) is 76.1 Å². The highest BCUT2D eigenvalue weighted by Gasteiger charge is 2.19. The molecule has 0 atom stereocenters. The highest BCUT2D eigenvalue weighted by atomic mass is 15.1. The molecule has 1 heteroatoms. The van der Waals surface area contributed by atoms with Crippen molar-refractivity contribution < 1.29 is 0 Å². The Morgan fingerprint density at radius 2 is 0.529 bits per heavy atom. The maximum atomic E-state index is 2.42. The van der Waals surface area contributed by atoms with Crippen LogP contribution < -0.4 is 4.90 Å². The number of hydrogen-bond donors (Lipinski definition) is 0. The van der Waals surface area contributed by atoms with E-state index in [1.54, 1.807) is 0 Å². The molecular weight excluding hydrogens is 615 g/mol. The van der Waals surface area contributed by atoms with E-state index in [9.17, 15) is 0 Å². The zero-order valence-corrected chi connectivity index (χ0v) is 28.0. The van der Waals surface area contributed by atoms with Crippen LogP contribution in [0.3, 0.4) is 0 Å². The summed E-state index contributed by atoms with van der Waals surface area (Å²) in [6.07, 6.45) is 0. The molecule has 0 saturated heterocycles. The number of benzene rings is 10. The predicted molar refractivity (Wildman–Crippen MR) is 220 cm³/mol. The van der Waals surface area contributed by atoms with Gasteiger partial charge in [0.2, 0.25) is 0 Å². The number of rotatable bonds is 5. The number of anilines is 3. The normalized spacial score (nSPS) is 11.5. The summed E-state index contributed by atoms with van der Waals surface area (Å²) in [5.74, 6) is 0. The minimum Gasteiger partial charge on any atom is -0.310 e. The van der Waals surface area contributed by atoms with E-state index < -0.39 is 0 Å². The Balaban J connectivity index is 1.25. The minimum atomic E-state index is 1.11. The van der Waals surface area contributed by atoms with E-state index in [-0.39, 0.29) is 0 Å². The fourth-order valence-corrected chi connectivity index (χ4v) is 8.06. The Kier molecular flexibility index (Phi) is 6.89. The minimum absolute atomic E-state index is 1.11. The second-order valence-electron chi connectivity index (χ2n) is 13.3. The van der Waals surface area contributed by atoms with Gasteiger partial charge in [-0.2, -0.15) is 0 Å². The van der Waals surface area contributed by atoms with Gasteiger partial charge >= 0.3 is 0 Å². The van der Waals surface area contributed by atoms with Crippen molar-refractivity contribution in [2.45, 2.75) is 0 Å². The summed E-state index contributed by atoms with van der Waals surface area (Å²) < 4.78 is 0. The third-order valence-electron chi connectivity index (χ3n) is 10.4. The second-order valence-corrected chi connectivity index (χ2v) is 13.3. The first kappa shape index (κ1) is 29.2. The molecule has 0 spiro atoms. The van der Waals surface area contributed by atoms with Gasteiger partial charge in [0.15, 0.2) is 0 Å². The van der Waals surface area contributed by atoms with Gasteiger partial charge in [0.05, 0.1) is 0 Å². The van der Waals surface area contributed by atoms with Crippen LogP contribution in [-0.4, -0.2) is 0 Å². The van der Waals surface area contributed by atoms with E-state index in [2.05, 4.69) is 205 Å². The lowest BCUT2D eigenvalue weighted by molar-refractivity contribution is 1.29. The smallest absolute Gasteiger partial charge is 0.0468 e. The monoisotopic (exact) mass is 647 g/mol. The lowest BCUT2D eigenvalue weighted by Crippen LogP contribution is -2.10. The van der Waals surface area contributed by atoms with Crippen molar-refractivity contribution in [2.75, 3.05) is 4.90 Å². The van der Waals surface area contributed by atoms with Gasteiger partial charge in [-0.3, -0.25) is 0 Å². The van der Waals surface area contributed by atoms with E-state index in [1.807, 2.05) is 0 Å². The topological polar surface area (TPSA) is 3.24 Å². The van der Waals surface area contributed by atoms with Gasteiger partial charge in [0.25, 0.3) is 0 Å². The molecule has 0 aliphatic heterocycles. The number of fused-ring (bicyclic) bond motifs is 11. The highest BCUT2D eigenvalue weighted by Crippen LogP contribution is 2.46. The fraction of sp³-hybridized carbons (Fsp3) is 0. The quantitative estimate of drug-likeness (QED) is 0.168. The molecule has 238 valence electrons. The molecule has 10 aromatic rings. The molecule has 0 saturated carbocycles. The SMILES string of the molecule is c1ccc(-c2ccc(N(c3ccc(-c4ccccc4)cc3)c3ccc4c5ccccc5c5c6ccccc6c6ccccc6c5c4c3)cc2)cc1. The number of nitrogens with zero attached hydrogens (tertiary/aromatic N) is 1. The molecule has 51 heavy (non-hydrogen) atoms. The third kappa shape index (κ3) is 4.86. The molecule has 0 radical (unpaired) electrons. The van der Waals surface area contributed by atoms with Crippen LogP contribution in [0, 0.1) is 0 Å². The first-order valence-electron chi connectivity index (χ1n) is 17.6. The van der Waals surface area contributed by atoms with Crippen LogP contribution in [0.15, 0.2) is 200 Å². The Bertz CT molecular complexity index is 2770. The van der Waals surface area contributed by atoms with Crippen LogP contribution in [-0.2, 0) is 0 Å². The summed E-state index contributed by atoms with van der Waals surface area (Å²) in [6, 6.07) is 72.9. The van der Waals surface area contributed by atoms with Crippen LogP contribution >= 0.6 is 0 Å². The fourth-order valence-electron chi connectivity index (χ4n) is 8.06. The summed E-state index contributed by atoms with van der Waals surface area (Å²) in [5, 5.41) is 12.9. The van der Waals surface area contributed by atoms with Crippen molar-refractivity contribution >= 4 is 70.9 Å². The summed E-state index contributed by atoms with van der Waals surface area (Å²) >= 11 is 0. The van der Waals surface area contributed by atoms with Gasteiger partial charge in [-0.25, -0.2) is 0 Å². The standard InChI is InChI=1S/C50H33N/c1-3-13-34(14-4-1)36-23-27-38(28-24-36)51(39-29-25-37(26-30-39)35-15-5-2-6-16-35)40-31-32-44-43-19-9-11-21-46(43)49-45-20-10-7-17-41(45)42-18-8-12-22-47(42)50(49)48(44)33-40/h1-33H. The van der Waals surface area contributed by atoms with Crippen molar-refractivity contribution in [1.82, 2.24) is 0 Å². The Labute approximate surface area is 297 Å². The summed E-state index contributed by atoms with van der Waals surface area (Å²) in [7, 11) is 0. The molecule has 0 aliphatic carbocycles. The van der Waals surface area contributed by atoms with Crippen LogP contribution in [0.5, 0.6) is 0 Å². The van der Waals surface area contributed by atoms with Crippen molar-refractivity contribution in [3.8, 4) is 22.3 Å². The summed E-state index contributed by atoms with van der Waals surface area (Å²) in [6.45, 7) is 0. The van der Waals surface area contributed by atoms with E-state index in [4.69, 9.17) is 0 Å². The van der Waals surface area contributed by atoms with Crippen molar-refractivity contribution in [3.63, 3.8) is 0 Å². The lowest BCUT2D eigenvalue weighted by atomic mass is 9.87. The maximum absolute atomic E-state index is 2.42. The Morgan fingerprint density at radius 3 is 0.961 bits per heavy atom. The molecule has 10 aromatic carbocycles. The molecule has 10 rings (SSSR count). The second kappa shape index (κ2) is 12.0. The summed E-state index contributed by atoms with van der Waals surface area (Å²) in [4.78, 5) is 2.40. The molecule has 1 nitrogen and oxygen atoms in total. The molecule has 0 aromatic heterocycles. The van der Waals surface area contributed by atoms with Gasteiger partial charge in [0, 0.05) is 17.1 Å². The molecule has 0 heterocycles. The lowest BCUT2D eigenvalue weighted by Gasteiger charge is -2.27. The van der Waals surface area contributed by atoms with E-state index in [0.717, 1.165) is 17.1 Å². The van der Waals surface area contributed by atoms with Crippen molar-refractivity contribution in [1.29, 1.82) is 0 Å². The van der Waals surface area contributed by atoms with Crippen molar-refractivity contribution in [3.05, 3.63) is 200 Å².